The minimum absolute atomic E-state index is 0.0482. The van der Waals surface area contributed by atoms with Gasteiger partial charge in [0.1, 0.15) is 0 Å². The SMILES string of the molecule is CCNCC(C)C(=O)N1CCN(c2ccc(Cl)cc2)CC1. The fourth-order valence-electron chi connectivity index (χ4n) is 2.60. The van der Waals surface area contributed by atoms with Gasteiger partial charge in [0.15, 0.2) is 0 Å². The molecule has 0 radical (unpaired) electrons. The molecule has 1 atom stereocenters. The number of benzene rings is 1. The van der Waals surface area contributed by atoms with Crippen molar-refractivity contribution in [3.63, 3.8) is 0 Å². The number of carbonyl (C=O) groups excluding carboxylic acids is 1. The monoisotopic (exact) mass is 309 g/mol. The maximum absolute atomic E-state index is 12.3. The average Bonchev–Trinajstić information content (AvgIpc) is 2.53. The molecule has 1 saturated heterocycles. The maximum atomic E-state index is 12.3. The third-order valence-corrected chi connectivity index (χ3v) is 4.16. The second-order valence-corrected chi connectivity index (χ2v) is 5.93. The van der Waals surface area contributed by atoms with Crippen molar-refractivity contribution in [3.8, 4) is 0 Å². The van der Waals surface area contributed by atoms with Gasteiger partial charge in [-0.05, 0) is 30.8 Å². The third kappa shape index (κ3) is 4.35. The molecule has 0 spiro atoms. The van der Waals surface area contributed by atoms with E-state index in [2.05, 4.69) is 17.1 Å². The van der Waals surface area contributed by atoms with E-state index in [-0.39, 0.29) is 11.8 Å². The largest absolute Gasteiger partial charge is 0.368 e. The van der Waals surface area contributed by atoms with Gasteiger partial charge in [0.05, 0.1) is 0 Å². The Labute approximate surface area is 132 Å². The molecule has 1 aliphatic rings. The highest BCUT2D eigenvalue weighted by Crippen LogP contribution is 2.19. The predicted octanol–water partition coefficient (Wildman–Crippen LogP) is 2.23. The summed E-state index contributed by atoms with van der Waals surface area (Å²) < 4.78 is 0. The Balaban J connectivity index is 1.85. The Kier molecular flexibility index (Phi) is 5.88. The number of carbonyl (C=O) groups is 1. The van der Waals surface area contributed by atoms with Crippen molar-refractivity contribution in [1.82, 2.24) is 10.2 Å². The normalized spacial score (nSPS) is 16.9. The molecule has 1 heterocycles. The van der Waals surface area contributed by atoms with Crippen molar-refractivity contribution in [2.24, 2.45) is 5.92 Å². The lowest BCUT2D eigenvalue weighted by molar-refractivity contribution is -0.135. The first-order chi connectivity index (χ1) is 10.1. The molecule has 1 amide bonds. The van der Waals surface area contributed by atoms with Crippen molar-refractivity contribution in [1.29, 1.82) is 0 Å². The van der Waals surface area contributed by atoms with E-state index in [4.69, 9.17) is 11.6 Å². The Hall–Kier alpha value is -1.26. The van der Waals surface area contributed by atoms with Crippen LogP contribution in [0.2, 0.25) is 5.02 Å². The minimum Gasteiger partial charge on any atom is -0.368 e. The lowest BCUT2D eigenvalue weighted by atomic mass is 10.1. The predicted molar refractivity (Wildman–Crippen MR) is 88.0 cm³/mol. The highest BCUT2D eigenvalue weighted by molar-refractivity contribution is 6.30. The summed E-state index contributed by atoms with van der Waals surface area (Å²) >= 11 is 5.91. The molecule has 4 nitrogen and oxygen atoms in total. The number of nitrogens with zero attached hydrogens (tertiary/aromatic N) is 2. The zero-order valence-electron chi connectivity index (χ0n) is 12.8. The molecular weight excluding hydrogens is 286 g/mol. The van der Waals surface area contributed by atoms with Gasteiger partial charge < -0.3 is 15.1 Å². The van der Waals surface area contributed by atoms with Crippen molar-refractivity contribution in [3.05, 3.63) is 29.3 Å². The van der Waals surface area contributed by atoms with Gasteiger partial charge in [0, 0.05) is 49.4 Å². The lowest BCUT2D eigenvalue weighted by Crippen LogP contribution is -2.51. The molecule has 1 unspecified atom stereocenters. The van der Waals surface area contributed by atoms with Crippen molar-refractivity contribution in [2.75, 3.05) is 44.2 Å². The molecule has 116 valence electrons. The molecule has 1 aromatic rings. The Morgan fingerprint density at radius 3 is 2.43 bits per heavy atom. The second-order valence-electron chi connectivity index (χ2n) is 5.50. The quantitative estimate of drug-likeness (QED) is 0.906. The van der Waals surface area contributed by atoms with Gasteiger partial charge in [-0.3, -0.25) is 4.79 Å². The van der Waals surface area contributed by atoms with Crippen molar-refractivity contribution < 1.29 is 4.79 Å². The van der Waals surface area contributed by atoms with E-state index < -0.39 is 0 Å². The molecule has 1 N–H and O–H groups in total. The van der Waals surface area contributed by atoms with Crippen LogP contribution >= 0.6 is 11.6 Å². The molecule has 1 fully saturated rings. The van der Waals surface area contributed by atoms with Crippen LogP contribution in [0.4, 0.5) is 5.69 Å². The van der Waals surface area contributed by atoms with Crippen LogP contribution in [0.1, 0.15) is 13.8 Å². The van der Waals surface area contributed by atoms with Crippen molar-refractivity contribution in [2.45, 2.75) is 13.8 Å². The number of hydrogen-bond donors (Lipinski definition) is 1. The summed E-state index contributed by atoms with van der Waals surface area (Å²) in [6.45, 7) is 9.05. The fraction of sp³-hybridized carbons (Fsp3) is 0.562. The van der Waals surface area contributed by atoms with Crippen LogP contribution in [0, 0.1) is 5.92 Å². The van der Waals surface area contributed by atoms with E-state index in [0.29, 0.717) is 0 Å². The van der Waals surface area contributed by atoms with Gasteiger partial charge >= 0.3 is 0 Å². The average molecular weight is 310 g/mol. The fourth-order valence-corrected chi connectivity index (χ4v) is 2.72. The Morgan fingerprint density at radius 1 is 1.24 bits per heavy atom. The number of amides is 1. The Bertz CT molecular complexity index is 455. The summed E-state index contributed by atoms with van der Waals surface area (Å²) in [5.74, 6) is 0.304. The molecule has 0 aliphatic carbocycles. The van der Waals surface area contributed by atoms with Gasteiger partial charge in [-0.1, -0.05) is 25.4 Å². The highest BCUT2D eigenvalue weighted by atomic mass is 35.5. The van der Waals surface area contributed by atoms with E-state index in [1.54, 1.807) is 0 Å². The summed E-state index contributed by atoms with van der Waals surface area (Å²) in [6.07, 6.45) is 0. The van der Waals surface area contributed by atoms with Gasteiger partial charge in [-0.15, -0.1) is 0 Å². The number of piperazine rings is 1. The summed E-state index contributed by atoms with van der Waals surface area (Å²) in [5.41, 5.74) is 1.17. The van der Waals surface area contributed by atoms with Gasteiger partial charge in [-0.2, -0.15) is 0 Å². The summed E-state index contributed by atoms with van der Waals surface area (Å²) in [4.78, 5) is 16.6. The summed E-state index contributed by atoms with van der Waals surface area (Å²) in [6, 6.07) is 7.89. The van der Waals surface area contributed by atoms with Gasteiger partial charge in [0.25, 0.3) is 0 Å². The molecule has 0 aromatic heterocycles. The maximum Gasteiger partial charge on any atom is 0.226 e. The zero-order valence-corrected chi connectivity index (χ0v) is 13.6. The summed E-state index contributed by atoms with van der Waals surface area (Å²) in [7, 11) is 0. The van der Waals surface area contributed by atoms with Crippen molar-refractivity contribution >= 4 is 23.2 Å². The van der Waals surface area contributed by atoms with E-state index >= 15 is 0 Å². The number of nitrogens with one attached hydrogen (secondary N) is 1. The van der Waals surface area contributed by atoms with Crippen LogP contribution in [0.5, 0.6) is 0 Å². The molecule has 1 aliphatic heterocycles. The molecule has 2 rings (SSSR count). The van der Waals surface area contributed by atoms with Crippen LogP contribution in [-0.4, -0.2) is 50.1 Å². The Morgan fingerprint density at radius 2 is 1.86 bits per heavy atom. The second kappa shape index (κ2) is 7.66. The molecule has 5 heteroatoms. The van der Waals surface area contributed by atoms with E-state index in [1.165, 1.54) is 5.69 Å². The zero-order chi connectivity index (χ0) is 15.2. The van der Waals surface area contributed by atoms with Gasteiger partial charge in [-0.25, -0.2) is 0 Å². The number of hydrogen-bond acceptors (Lipinski definition) is 3. The van der Waals surface area contributed by atoms with Crippen LogP contribution < -0.4 is 10.2 Å². The molecule has 1 aromatic carbocycles. The molecular formula is C16H24ClN3O. The number of anilines is 1. The number of rotatable bonds is 5. The van der Waals surface area contributed by atoms with Crippen LogP contribution in [0.25, 0.3) is 0 Å². The summed E-state index contributed by atoms with van der Waals surface area (Å²) in [5, 5.41) is 3.99. The third-order valence-electron chi connectivity index (χ3n) is 3.91. The van der Waals surface area contributed by atoms with Gasteiger partial charge in [0.2, 0.25) is 5.91 Å². The standard InChI is InChI=1S/C16H24ClN3O/c1-3-18-12-13(2)16(21)20-10-8-19(9-11-20)15-6-4-14(17)5-7-15/h4-7,13,18H,3,8-12H2,1-2H3. The molecule has 0 saturated carbocycles. The number of halogens is 1. The van der Waals surface area contributed by atoms with Crippen LogP contribution in [0.15, 0.2) is 24.3 Å². The molecule has 21 heavy (non-hydrogen) atoms. The van der Waals surface area contributed by atoms with E-state index in [0.717, 1.165) is 44.3 Å². The highest BCUT2D eigenvalue weighted by Gasteiger charge is 2.24. The lowest BCUT2D eigenvalue weighted by Gasteiger charge is -2.37. The molecule has 0 bridgehead atoms. The van der Waals surface area contributed by atoms with Crippen LogP contribution in [-0.2, 0) is 4.79 Å². The topological polar surface area (TPSA) is 35.6 Å². The first-order valence-electron chi connectivity index (χ1n) is 7.62. The van der Waals surface area contributed by atoms with Crippen LogP contribution in [0.3, 0.4) is 0 Å². The minimum atomic E-state index is 0.0482. The first kappa shape index (κ1) is 16.1. The smallest absolute Gasteiger partial charge is 0.226 e. The van der Waals surface area contributed by atoms with E-state index in [9.17, 15) is 4.79 Å². The van der Waals surface area contributed by atoms with E-state index in [1.807, 2.05) is 36.1 Å². The first-order valence-corrected chi connectivity index (χ1v) is 7.99.